The van der Waals surface area contributed by atoms with Gasteiger partial charge in [0.25, 0.3) is 5.91 Å². The first kappa shape index (κ1) is 26.4. The first-order valence-corrected chi connectivity index (χ1v) is 13.8. The van der Waals surface area contributed by atoms with Crippen LogP contribution in [0.4, 0.5) is 15.8 Å². The molecule has 3 atom stereocenters. The zero-order valence-corrected chi connectivity index (χ0v) is 23.0. The van der Waals surface area contributed by atoms with Crippen LogP contribution in [0.5, 0.6) is 6.01 Å². The molecule has 11 heteroatoms. The van der Waals surface area contributed by atoms with Crippen LogP contribution >= 0.6 is 0 Å². The number of hydrogen-bond acceptors (Lipinski definition) is 8. The molecular weight excluding hydrogens is 513 g/mol. The summed E-state index contributed by atoms with van der Waals surface area (Å²) in [5.74, 6) is -0.616. The predicted octanol–water partition coefficient (Wildman–Crippen LogP) is 3.90. The molecule has 2 aromatic carbocycles. The number of fused-ring (bicyclic) bond motifs is 2. The molecule has 2 aromatic heterocycles. The highest BCUT2D eigenvalue weighted by Gasteiger charge is 2.25. The second-order valence-electron chi connectivity index (χ2n) is 11.0. The summed E-state index contributed by atoms with van der Waals surface area (Å²) in [6.07, 6.45) is 5.48. The molecule has 2 saturated heterocycles. The maximum Gasteiger partial charge on any atom is 0.316 e. The van der Waals surface area contributed by atoms with E-state index in [1.807, 2.05) is 6.07 Å². The Labute approximate surface area is 231 Å². The molecule has 0 saturated carbocycles. The van der Waals surface area contributed by atoms with E-state index in [0.717, 1.165) is 43.6 Å². The van der Waals surface area contributed by atoms with Crippen molar-refractivity contribution in [3.05, 3.63) is 48.0 Å². The van der Waals surface area contributed by atoms with Crippen LogP contribution in [0, 0.1) is 11.7 Å². The van der Waals surface area contributed by atoms with Crippen molar-refractivity contribution in [2.24, 2.45) is 13.0 Å². The zero-order chi connectivity index (χ0) is 27.8. The Morgan fingerprint density at radius 3 is 2.83 bits per heavy atom. The number of anilines is 2. The smallest absolute Gasteiger partial charge is 0.316 e. The molecule has 40 heavy (non-hydrogen) atoms. The van der Waals surface area contributed by atoms with Crippen molar-refractivity contribution in [2.45, 2.75) is 38.8 Å². The Hall–Kier alpha value is -3.83. The Balaban J connectivity index is 1.34. The van der Waals surface area contributed by atoms with Gasteiger partial charge in [-0.15, -0.1) is 0 Å². The van der Waals surface area contributed by atoms with Crippen LogP contribution in [0.25, 0.3) is 21.8 Å². The van der Waals surface area contributed by atoms with Crippen molar-refractivity contribution in [2.75, 3.05) is 43.1 Å². The number of benzene rings is 2. The number of nitrogens with zero attached hydrogens (tertiary/aromatic N) is 5. The molecule has 2 N–H and O–H groups in total. The van der Waals surface area contributed by atoms with E-state index in [1.54, 1.807) is 36.3 Å². The van der Waals surface area contributed by atoms with Gasteiger partial charge in [-0.2, -0.15) is 10.1 Å². The monoisotopic (exact) mass is 547 g/mol. The molecule has 2 aliphatic rings. The number of hydrogen-bond donors (Lipinski definition) is 2. The molecule has 4 heterocycles. The Morgan fingerprint density at radius 2 is 2.05 bits per heavy atom. The number of amides is 1. The minimum atomic E-state index is -0.500. The molecule has 6 rings (SSSR count). The second kappa shape index (κ2) is 11.0. The largest absolute Gasteiger partial charge is 0.463 e. The molecule has 2 fully saturated rings. The zero-order valence-electron chi connectivity index (χ0n) is 23.0. The highest BCUT2D eigenvalue weighted by Crippen LogP contribution is 2.31. The summed E-state index contributed by atoms with van der Waals surface area (Å²) in [4.78, 5) is 25.1. The molecular formula is C29H34FN7O3. The number of ether oxygens (including phenoxy) is 2. The number of carbonyl (C=O) groups excluding carboxylic acids is 1. The third-order valence-electron chi connectivity index (χ3n) is 7.49. The summed E-state index contributed by atoms with van der Waals surface area (Å²) in [6.45, 7) is 7.83. The third-order valence-corrected chi connectivity index (χ3v) is 7.49. The molecule has 0 bridgehead atoms. The minimum absolute atomic E-state index is 0.217. The number of aromatic nitrogens is 4. The molecule has 0 spiro atoms. The van der Waals surface area contributed by atoms with Gasteiger partial charge in [-0.1, -0.05) is 0 Å². The van der Waals surface area contributed by atoms with Crippen molar-refractivity contribution >= 4 is 39.1 Å². The van der Waals surface area contributed by atoms with E-state index in [0.29, 0.717) is 47.5 Å². The molecule has 1 amide bonds. The summed E-state index contributed by atoms with van der Waals surface area (Å²) >= 11 is 0. The number of aryl methyl sites for hydroxylation is 1. The summed E-state index contributed by atoms with van der Waals surface area (Å²) < 4.78 is 27.8. The van der Waals surface area contributed by atoms with Gasteiger partial charge in [-0.3, -0.25) is 9.48 Å². The normalized spacial score (nSPS) is 21.6. The summed E-state index contributed by atoms with van der Waals surface area (Å²) in [6, 6.07) is 7.53. The molecule has 210 valence electrons. The second-order valence-corrected chi connectivity index (χ2v) is 11.0. The molecule has 0 aliphatic carbocycles. The Kier molecular flexibility index (Phi) is 7.24. The van der Waals surface area contributed by atoms with Crippen molar-refractivity contribution in [1.82, 2.24) is 25.1 Å². The highest BCUT2D eigenvalue weighted by atomic mass is 19.1. The summed E-state index contributed by atoms with van der Waals surface area (Å²) in [5.41, 5.74) is 2.40. The number of halogens is 1. The van der Waals surface area contributed by atoms with E-state index in [4.69, 9.17) is 14.5 Å². The van der Waals surface area contributed by atoms with Gasteiger partial charge in [-0.05, 0) is 51.0 Å². The fourth-order valence-corrected chi connectivity index (χ4v) is 5.76. The fourth-order valence-electron chi connectivity index (χ4n) is 5.76. The maximum absolute atomic E-state index is 14.7. The Bertz CT molecular complexity index is 1540. The Morgan fingerprint density at radius 1 is 1.23 bits per heavy atom. The molecule has 0 radical (unpaired) electrons. The van der Waals surface area contributed by atoms with Gasteiger partial charge < -0.3 is 25.0 Å². The van der Waals surface area contributed by atoms with Gasteiger partial charge in [-0.25, -0.2) is 9.37 Å². The lowest BCUT2D eigenvalue weighted by molar-refractivity contribution is 0.0336. The molecule has 4 aromatic rings. The van der Waals surface area contributed by atoms with Gasteiger partial charge in [0.05, 0.1) is 24.3 Å². The van der Waals surface area contributed by atoms with Crippen LogP contribution in [0.15, 0.2) is 36.7 Å². The predicted molar refractivity (Wildman–Crippen MR) is 151 cm³/mol. The SMILES string of the molecule is C[C@@H]1CN(c2ccc(C(=O)Nc3cc(F)c4nn(C)cc4c3)c3nc(OC[C@@H]4CCCOC4)ncc23)C[C@H](C)N1. The third kappa shape index (κ3) is 5.44. The van der Waals surface area contributed by atoms with Crippen LogP contribution in [0.2, 0.25) is 0 Å². The van der Waals surface area contributed by atoms with Crippen LogP contribution in [-0.2, 0) is 11.8 Å². The van der Waals surface area contributed by atoms with E-state index >= 15 is 0 Å². The first-order chi connectivity index (χ1) is 19.3. The van der Waals surface area contributed by atoms with Crippen LogP contribution in [0.3, 0.4) is 0 Å². The highest BCUT2D eigenvalue weighted by molar-refractivity contribution is 6.14. The summed E-state index contributed by atoms with van der Waals surface area (Å²) in [5, 5.41) is 11.9. The van der Waals surface area contributed by atoms with E-state index in [-0.39, 0.29) is 17.4 Å². The van der Waals surface area contributed by atoms with Gasteiger partial charge in [0.15, 0.2) is 5.82 Å². The lowest BCUT2D eigenvalue weighted by Crippen LogP contribution is -2.54. The maximum atomic E-state index is 14.7. The van der Waals surface area contributed by atoms with E-state index in [9.17, 15) is 9.18 Å². The number of carbonyl (C=O) groups is 1. The van der Waals surface area contributed by atoms with Crippen molar-refractivity contribution in [3.8, 4) is 6.01 Å². The molecule has 2 aliphatic heterocycles. The minimum Gasteiger partial charge on any atom is -0.463 e. The molecule has 0 unspecified atom stereocenters. The average molecular weight is 548 g/mol. The first-order valence-electron chi connectivity index (χ1n) is 13.8. The topological polar surface area (TPSA) is 106 Å². The average Bonchev–Trinajstić information content (AvgIpc) is 3.32. The van der Waals surface area contributed by atoms with Crippen LogP contribution in [0.1, 0.15) is 37.0 Å². The lowest BCUT2D eigenvalue weighted by atomic mass is 10.0. The van der Waals surface area contributed by atoms with Crippen molar-refractivity contribution < 1.29 is 18.7 Å². The van der Waals surface area contributed by atoms with E-state index < -0.39 is 11.7 Å². The number of piperazine rings is 1. The van der Waals surface area contributed by atoms with Gasteiger partial charge in [0.2, 0.25) is 0 Å². The quantitative estimate of drug-likeness (QED) is 0.375. The van der Waals surface area contributed by atoms with Crippen LogP contribution in [-0.4, -0.2) is 70.6 Å². The van der Waals surface area contributed by atoms with Crippen molar-refractivity contribution in [1.29, 1.82) is 0 Å². The van der Waals surface area contributed by atoms with Gasteiger partial charge in [0, 0.05) is 79.3 Å². The van der Waals surface area contributed by atoms with Crippen molar-refractivity contribution in [3.63, 3.8) is 0 Å². The van der Waals surface area contributed by atoms with Gasteiger partial charge >= 0.3 is 6.01 Å². The lowest BCUT2D eigenvalue weighted by Gasteiger charge is -2.38. The van der Waals surface area contributed by atoms with E-state index in [1.165, 1.54) is 6.07 Å². The van der Waals surface area contributed by atoms with Gasteiger partial charge in [0.1, 0.15) is 5.52 Å². The van der Waals surface area contributed by atoms with E-state index in [2.05, 4.69) is 39.5 Å². The fraction of sp³-hybridized carbons (Fsp3) is 0.448. The molecule has 10 nitrogen and oxygen atoms in total. The van der Waals surface area contributed by atoms with Crippen LogP contribution < -0.4 is 20.3 Å². The summed E-state index contributed by atoms with van der Waals surface area (Å²) in [7, 11) is 1.73. The standard InChI is InChI=1S/C29H34FN7O3/c1-17-12-37(13-18(2)32-17)25-7-6-22(28(38)33-21-9-20-14-36(3)35-26(20)24(30)10-21)27-23(25)11-31-29(34-27)40-16-19-5-4-8-39-15-19/h6-7,9-11,14,17-19,32H,4-5,8,12-13,15-16H2,1-3H3,(H,33,38)/t17-,18+,19-/m1/s1. The number of rotatable bonds is 6. The number of nitrogens with one attached hydrogen (secondary N) is 2.